The molecule has 1 saturated heterocycles. The van der Waals surface area contributed by atoms with Crippen LogP contribution in [0.2, 0.25) is 0 Å². The molecule has 1 rings (SSSR count). The number of ether oxygens (including phenoxy) is 1. The van der Waals surface area contributed by atoms with Crippen LogP contribution in [0.25, 0.3) is 0 Å². The van der Waals surface area contributed by atoms with E-state index in [0.717, 1.165) is 25.9 Å². The molecule has 0 aromatic rings. The summed E-state index contributed by atoms with van der Waals surface area (Å²) in [5, 5.41) is 2.54. The van der Waals surface area contributed by atoms with Crippen molar-refractivity contribution in [3.05, 3.63) is 0 Å². The van der Waals surface area contributed by atoms with E-state index in [-0.39, 0.29) is 0 Å². The van der Waals surface area contributed by atoms with E-state index < -0.39 is 6.03 Å². The van der Waals surface area contributed by atoms with Gasteiger partial charge in [0, 0.05) is 6.54 Å². The highest BCUT2D eigenvalue weighted by Gasteiger charge is 2.20. The molecule has 1 heterocycles. The molecule has 0 bridgehead atoms. The lowest BCUT2D eigenvalue weighted by Crippen LogP contribution is -2.29. The van der Waals surface area contributed by atoms with Gasteiger partial charge in [-0.25, -0.2) is 4.79 Å². The third kappa shape index (κ3) is 4.61. The van der Waals surface area contributed by atoms with Crippen molar-refractivity contribution in [2.24, 2.45) is 5.73 Å². The van der Waals surface area contributed by atoms with Gasteiger partial charge >= 0.3 is 6.03 Å². The Morgan fingerprint density at radius 2 is 2.36 bits per heavy atom. The maximum atomic E-state index is 10.2. The molecule has 1 unspecified atom stereocenters. The fourth-order valence-electron chi connectivity index (χ4n) is 0.943. The number of amides is 2. The van der Waals surface area contributed by atoms with Gasteiger partial charge in [0.05, 0.1) is 12.7 Å². The molecule has 1 atom stereocenters. The quantitative estimate of drug-likeness (QED) is 0.444. The van der Waals surface area contributed by atoms with Crippen molar-refractivity contribution in [1.82, 2.24) is 5.32 Å². The topological polar surface area (TPSA) is 67.7 Å². The zero-order chi connectivity index (χ0) is 8.10. The fraction of sp³-hybridized carbons (Fsp3) is 0.857. The molecule has 64 valence electrons. The predicted molar refractivity (Wildman–Crippen MR) is 41.2 cm³/mol. The molecular weight excluding hydrogens is 144 g/mol. The van der Waals surface area contributed by atoms with Gasteiger partial charge in [0.1, 0.15) is 0 Å². The maximum absolute atomic E-state index is 10.2. The lowest BCUT2D eigenvalue weighted by molar-refractivity contribution is 0.248. The monoisotopic (exact) mass is 158 g/mol. The molecule has 3 N–H and O–H groups in total. The molecule has 0 saturated carbocycles. The van der Waals surface area contributed by atoms with Gasteiger partial charge in [-0.2, -0.15) is 0 Å². The average molecular weight is 158 g/mol. The van der Waals surface area contributed by atoms with Crippen molar-refractivity contribution < 1.29 is 9.53 Å². The third-order valence-corrected chi connectivity index (χ3v) is 1.65. The first-order chi connectivity index (χ1) is 5.29. The van der Waals surface area contributed by atoms with Crippen LogP contribution < -0.4 is 11.1 Å². The van der Waals surface area contributed by atoms with E-state index in [4.69, 9.17) is 10.5 Å². The summed E-state index contributed by atoms with van der Waals surface area (Å²) in [6.07, 6.45) is 3.71. The first kappa shape index (κ1) is 8.33. The van der Waals surface area contributed by atoms with Crippen molar-refractivity contribution in [2.45, 2.75) is 25.4 Å². The van der Waals surface area contributed by atoms with Crippen LogP contribution in [-0.4, -0.2) is 25.3 Å². The zero-order valence-corrected chi connectivity index (χ0v) is 6.51. The van der Waals surface area contributed by atoms with Gasteiger partial charge < -0.3 is 15.8 Å². The highest BCUT2D eigenvalue weighted by Crippen LogP contribution is 2.15. The highest BCUT2D eigenvalue weighted by molar-refractivity contribution is 5.71. The lowest BCUT2D eigenvalue weighted by Gasteiger charge is -1.99. The molecule has 11 heavy (non-hydrogen) atoms. The fourth-order valence-corrected chi connectivity index (χ4v) is 0.943. The summed E-state index contributed by atoms with van der Waals surface area (Å²) >= 11 is 0. The van der Waals surface area contributed by atoms with Crippen molar-refractivity contribution in [3.63, 3.8) is 0 Å². The van der Waals surface area contributed by atoms with E-state index in [1.165, 1.54) is 0 Å². The molecule has 0 spiro atoms. The van der Waals surface area contributed by atoms with Gasteiger partial charge in [-0.1, -0.05) is 0 Å². The van der Waals surface area contributed by atoms with Gasteiger partial charge in [-0.05, 0) is 19.3 Å². The Morgan fingerprint density at radius 1 is 1.64 bits per heavy atom. The predicted octanol–water partition coefficient (Wildman–Crippen LogP) is 0.224. The van der Waals surface area contributed by atoms with E-state index in [2.05, 4.69) is 5.32 Å². The van der Waals surface area contributed by atoms with Crippen molar-refractivity contribution in [2.75, 3.05) is 13.2 Å². The number of hydrogen-bond donors (Lipinski definition) is 2. The van der Waals surface area contributed by atoms with Crippen LogP contribution in [0.15, 0.2) is 0 Å². The van der Waals surface area contributed by atoms with Crippen LogP contribution >= 0.6 is 0 Å². The van der Waals surface area contributed by atoms with E-state index in [0.29, 0.717) is 12.6 Å². The Bertz CT molecular complexity index is 134. The second-order valence-electron chi connectivity index (χ2n) is 2.74. The number of primary amides is 1. The summed E-state index contributed by atoms with van der Waals surface area (Å²) in [5.41, 5.74) is 4.87. The van der Waals surface area contributed by atoms with Gasteiger partial charge in [-0.3, -0.25) is 0 Å². The smallest absolute Gasteiger partial charge is 0.312 e. The molecule has 1 fully saturated rings. The molecule has 4 nitrogen and oxygen atoms in total. The van der Waals surface area contributed by atoms with Crippen molar-refractivity contribution in [3.8, 4) is 0 Å². The Morgan fingerprint density at radius 3 is 2.91 bits per heavy atom. The molecule has 0 aromatic heterocycles. The minimum Gasteiger partial charge on any atom is -0.373 e. The number of hydrogen-bond acceptors (Lipinski definition) is 2. The number of epoxide rings is 1. The van der Waals surface area contributed by atoms with E-state index >= 15 is 0 Å². The van der Waals surface area contributed by atoms with Crippen molar-refractivity contribution >= 4 is 6.03 Å². The van der Waals surface area contributed by atoms with Crippen LogP contribution in [-0.2, 0) is 4.74 Å². The lowest BCUT2D eigenvalue weighted by atomic mass is 10.2. The normalized spacial score (nSPS) is 21.3. The Labute approximate surface area is 66.1 Å². The second-order valence-corrected chi connectivity index (χ2v) is 2.74. The van der Waals surface area contributed by atoms with Crippen LogP contribution in [0.5, 0.6) is 0 Å². The molecule has 1 aliphatic heterocycles. The third-order valence-electron chi connectivity index (χ3n) is 1.65. The molecule has 2 amide bonds. The first-order valence-corrected chi connectivity index (χ1v) is 3.94. The van der Waals surface area contributed by atoms with Crippen LogP contribution in [0, 0.1) is 0 Å². The standard InChI is InChI=1S/C7H14N2O2/c8-7(10)9-4-2-1-3-6-5-11-6/h6H,1-5H2,(H3,8,9,10). The minimum absolute atomic E-state index is 0.437. The highest BCUT2D eigenvalue weighted by atomic mass is 16.6. The first-order valence-electron chi connectivity index (χ1n) is 3.94. The number of nitrogens with two attached hydrogens (primary N) is 1. The number of urea groups is 1. The summed E-state index contributed by atoms with van der Waals surface area (Å²) < 4.78 is 5.02. The zero-order valence-electron chi connectivity index (χ0n) is 6.51. The molecule has 0 aliphatic carbocycles. The summed E-state index contributed by atoms with van der Waals surface area (Å²) in [4.78, 5) is 10.2. The summed E-state index contributed by atoms with van der Waals surface area (Å²) in [7, 11) is 0. The number of carbonyl (C=O) groups excluding carboxylic acids is 1. The molecular formula is C7H14N2O2. The summed E-state index contributed by atoms with van der Waals surface area (Å²) in [5.74, 6) is 0. The molecule has 0 radical (unpaired) electrons. The Kier molecular flexibility index (Phi) is 3.16. The number of unbranched alkanes of at least 4 members (excludes halogenated alkanes) is 1. The summed E-state index contributed by atoms with van der Waals surface area (Å²) in [6, 6.07) is -0.437. The minimum atomic E-state index is -0.437. The van der Waals surface area contributed by atoms with E-state index in [1.807, 2.05) is 0 Å². The van der Waals surface area contributed by atoms with Crippen LogP contribution in [0.4, 0.5) is 4.79 Å². The number of nitrogens with one attached hydrogen (secondary N) is 1. The molecule has 1 aliphatic rings. The Balaban J connectivity index is 1.76. The van der Waals surface area contributed by atoms with Gasteiger partial charge in [0.25, 0.3) is 0 Å². The molecule has 0 aromatic carbocycles. The number of carbonyl (C=O) groups is 1. The largest absolute Gasteiger partial charge is 0.373 e. The van der Waals surface area contributed by atoms with E-state index in [1.54, 1.807) is 0 Å². The average Bonchev–Trinajstić information content (AvgIpc) is 2.70. The van der Waals surface area contributed by atoms with E-state index in [9.17, 15) is 4.79 Å². The summed E-state index contributed by atoms with van der Waals surface area (Å²) in [6.45, 7) is 1.60. The second kappa shape index (κ2) is 4.18. The Hall–Kier alpha value is -0.770. The number of rotatable bonds is 5. The van der Waals surface area contributed by atoms with Crippen molar-refractivity contribution in [1.29, 1.82) is 0 Å². The SMILES string of the molecule is NC(=O)NCCCCC1CO1. The van der Waals surface area contributed by atoms with Gasteiger partial charge in [0.2, 0.25) is 0 Å². The van der Waals surface area contributed by atoms with Crippen LogP contribution in [0.1, 0.15) is 19.3 Å². The molecule has 4 heteroatoms. The van der Waals surface area contributed by atoms with Crippen LogP contribution in [0.3, 0.4) is 0 Å². The van der Waals surface area contributed by atoms with Gasteiger partial charge in [0.15, 0.2) is 0 Å². The maximum Gasteiger partial charge on any atom is 0.312 e. The van der Waals surface area contributed by atoms with Gasteiger partial charge in [-0.15, -0.1) is 0 Å².